The molecular weight excluding hydrogens is 373 g/mol. The highest BCUT2D eigenvalue weighted by molar-refractivity contribution is 6.49. The molecule has 152 valence electrons. The Morgan fingerprint density at radius 2 is 1.50 bits per heavy atom. The van der Waals surface area contributed by atoms with Gasteiger partial charge in [0.25, 0.3) is 0 Å². The second-order valence-electron chi connectivity index (χ2n) is 8.52. The van der Waals surface area contributed by atoms with Crippen LogP contribution in [0.2, 0.25) is 0 Å². The number of nitrogens with zero attached hydrogens (tertiary/aromatic N) is 3. The number of hydrogen-bond donors (Lipinski definition) is 1. The van der Waals surface area contributed by atoms with Gasteiger partial charge in [-0.25, -0.2) is 9.50 Å². The summed E-state index contributed by atoms with van der Waals surface area (Å²) < 4.78 is 7.95. The first kappa shape index (κ1) is 20.3. The summed E-state index contributed by atoms with van der Waals surface area (Å²) in [6.45, 7) is 7.28. The van der Waals surface area contributed by atoms with Crippen molar-refractivity contribution in [2.75, 3.05) is 0 Å². The Kier molecular flexibility index (Phi) is 5.22. The van der Waals surface area contributed by atoms with Crippen molar-refractivity contribution < 1.29 is 9.76 Å². The van der Waals surface area contributed by atoms with Gasteiger partial charge in [0.05, 0.1) is 22.6 Å². The highest BCUT2D eigenvalue weighted by Crippen LogP contribution is 2.27. The average molecular weight is 399 g/mol. The van der Waals surface area contributed by atoms with E-state index in [0.29, 0.717) is 7.48 Å². The topological polar surface area (TPSA) is 59.7 Å². The first-order valence-electron chi connectivity index (χ1n) is 10.1. The normalized spacial score (nSPS) is 12.3. The van der Waals surface area contributed by atoms with Crippen LogP contribution in [0.25, 0.3) is 28.2 Å². The maximum atomic E-state index is 10.4. The summed E-state index contributed by atoms with van der Waals surface area (Å²) in [5.74, 6) is 0. The van der Waals surface area contributed by atoms with Gasteiger partial charge in [-0.05, 0) is 33.8 Å². The van der Waals surface area contributed by atoms with Gasteiger partial charge < -0.3 is 9.76 Å². The van der Waals surface area contributed by atoms with E-state index < -0.39 is 11.2 Å². The zero-order valence-corrected chi connectivity index (χ0v) is 17.8. The van der Waals surface area contributed by atoms with Gasteiger partial charge in [0.1, 0.15) is 0 Å². The Labute approximate surface area is 177 Å². The van der Waals surface area contributed by atoms with Crippen molar-refractivity contribution in [3.8, 4) is 22.5 Å². The summed E-state index contributed by atoms with van der Waals surface area (Å²) in [5.41, 5.74) is 3.88. The van der Waals surface area contributed by atoms with Gasteiger partial charge in [0.15, 0.2) is 5.65 Å². The van der Waals surface area contributed by atoms with E-state index in [-0.39, 0.29) is 0 Å². The molecule has 0 radical (unpaired) electrons. The lowest BCUT2D eigenvalue weighted by Crippen LogP contribution is -2.49. The number of aromatic nitrogens is 3. The fourth-order valence-electron chi connectivity index (χ4n) is 3.12. The molecule has 0 aliphatic heterocycles. The molecule has 0 fully saturated rings. The largest absolute Gasteiger partial charge is 0.427 e. The molecule has 0 atom stereocenters. The van der Waals surface area contributed by atoms with Crippen LogP contribution in [0.3, 0.4) is 0 Å². The fourth-order valence-corrected chi connectivity index (χ4v) is 3.12. The van der Waals surface area contributed by atoms with Gasteiger partial charge in [-0.2, -0.15) is 5.10 Å². The van der Waals surface area contributed by atoms with Gasteiger partial charge in [-0.3, -0.25) is 0 Å². The van der Waals surface area contributed by atoms with E-state index in [9.17, 15) is 5.11 Å². The Balaban J connectivity index is 1.82. The molecule has 4 rings (SSSR count). The monoisotopic (exact) mass is 399 g/mol. The smallest absolute Gasteiger partial charge is 0.315 e. The Morgan fingerprint density at radius 1 is 0.900 bits per heavy atom. The van der Waals surface area contributed by atoms with Crippen LogP contribution in [0.5, 0.6) is 0 Å². The third kappa shape index (κ3) is 3.89. The standard InChI is InChI=1S/C24H26BN3O2/c1-23(2,29)24(3,4)30-25-19-16-26-28-21(18-13-9-6-10-14-18)15-20(27-22(19)28)17-11-7-5-8-12-17/h5-16,25,29H,1-4H3. The molecule has 1 N–H and O–H groups in total. The minimum atomic E-state index is -0.978. The van der Waals surface area contributed by atoms with Crippen LogP contribution in [0.15, 0.2) is 72.9 Å². The van der Waals surface area contributed by atoms with Crippen molar-refractivity contribution in [2.24, 2.45) is 0 Å². The van der Waals surface area contributed by atoms with E-state index in [2.05, 4.69) is 35.4 Å². The van der Waals surface area contributed by atoms with E-state index in [1.807, 2.05) is 54.8 Å². The SMILES string of the molecule is CC(C)(O)C(C)(C)OBc1cnn2c(-c3ccccc3)cc(-c3ccccc3)nc12. The summed E-state index contributed by atoms with van der Waals surface area (Å²) in [6.07, 6.45) is 1.80. The van der Waals surface area contributed by atoms with E-state index >= 15 is 0 Å². The molecular formula is C24H26BN3O2. The van der Waals surface area contributed by atoms with Crippen molar-refractivity contribution in [2.45, 2.75) is 38.9 Å². The predicted octanol–water partition coefficient (Wildman–Crippen LogP) is 3.61. The quantitative estimate of drug-likeness (QED) is 0.504. The number of rotatable bonds is 6. The van der Waals surface area contributed by atoms with E-state index in [0.717, 1.165) is 33.6 Å². The second kappa shape index (κ2) is 7.71. The lowest BCUT2D eigenvalue weighted by molar-refractivity contribution is -0.0893. The average Bonchev–Trinajstić information content (AvgIpc) is 3.15. The number of aliphatic hydroxyl groups is 1. The highest BCUT2D eigenvalue weighted by atomic mass is 16.5. The molecule has 2 aromatic heterocycles. The summed E-state index contributed by atoms with van der Waals surface area (Å²) in [6, 6.07) is 22.4. The fraction of sp³-hybridized carbons (Fsp3) is 0.250. The van der Waals surface area contributed by atoms with Crippen molar-refractivity contribution in [3.05, 3.63) is 72.9 Å². The Hall–Kier alpha value is -2.96. The molecule has 30 heavy (non-hydrogen) atoms. The first-order chi connectivity index (χ1) is 14.3. The Morgan fingerprint density at radius 3 is 2.10 bits per heavy atom. The Bertz CT molecular complexity index is 1150. The van der Waals surface area contributed by atoms with Crippen molar-refractivity contribution in [3.63, 3.8) is 0 Å². The highest BCUT2D eigenvalue weighted by Gasteiger charge is 2.36. The summed E-state index contributed by atoms with van der Waals surface area (Å²) in [4.78, 5) is 4.91. The first-order valence-corrected chi connectivity index (χ1v) is 10.1. The molecule has 2 heterocycles. The third-order valence-electron chi connectivity index (χ3n) is 5.75. The minimum absolute atomic E-state index is 0.306. The molecule has 0 unspecified atom stereocenters. The van der Waals surface area contributed by atoms with E-state index in [1.54, 1.807) is 20.0 Å². The zero-order valence-electron chi connectivity index (χ0n) is 17.8. The molecule has 6 heteroatoms. The molecule has 5 nitrogen and oxygen atoms in total. The van der Waals surface area contributed by atoms with Crippen LogP contribution in [0.4, 0.5) is 0 Å². The molecule has 0 spiro atoms. The number of benzene rings is 2. The maximum Gasteiger partial charge on any atom is 0.315 e. The summed E-state index contributed by atoms with van der Waals surface area (Å²) in [7, 11) is 0.306. The predicted molar refractivity (Wildman–Crippen MR) is 122 cm³/mol. The number of fused-ring (bicyclic) bond motifs is 1. The molecule has 0 aliphatic rings. The van der Waals surface area contributed by atoms with E-state index in [1.165, 1.54) is 0 Å². The van der Waals surface area contributed by atoms with Crippen molar-refractivity contribution >= 4 is 18.6 Å². The molecule has 0 saturated heterocycles. The van der Waals surface area contributed by atoms with Gasteiger partial charge in [0.2, 0.25) is 0 Å². The van der Waals surface area contributed by atoms with Crippen molar-refractivity contribution in [1.82, 2.24) is 14.6 Å². The second-order valence-corrected chi connectivity index (χ2v) is 8.52. The van der Waals surface area contributed by atoms with Gasteiger partial charge >= 0.3 is 7.48 Å². The summed E-state index contributed by atoms with van der Waals surface area (Å²) in [5, 5.41) is 15.0. The lowest BCUT2D eigenvalue weighted by atomic mass is 9.83. The van der Waals surface area contributed by atoms with Gasteiger partial charge in [0, 0.05) is 22.8 Å². The molecule has 2 aromatic carbocycles. The molecule has 4 aromatic rings. The number of hydrogen-bond acceptors (Lipinski definition) is 4. The van der Waals surface area contributed by atoms with E-state index in [4.69, 9.17) is 9.64 Å². The van der Waals surface area contributed by atoms with Crippen LogP contribution in [0, 0.1) is 0 Å². The molecule has 0 bridgehead atoms. The van der Waals surface area contributed by atoms with Crippen LogP contribution in [0.1, 0.15) is 27.7 Å². The zero-order chi connectivity index (χ0) is 21.4. The van der Waals surface area contributed by atoms with Crippen LogP contribution < -0.4 is 5.46 Å². The maximum absolute atomic E-state index is 10.4. The van der Waals surface area contributed by atoms with Crippen LogP contribution >= 0.6 is 0 Å². The van der Waals surface area contributed by atoms with Crippen LogP contribution in [-0.2, 0) is 4.65 Å². The van der Waals surface area contributed by atoms with Crippen molar-refractivity contribution in [1.29, 1.82) is 0 Å². The molecule has 0 aliphatic carbocycles. The van der Waals surface area contributed by atoms with Crippen LogP contribution in [-0.4, -0.2) is 38.4 Å². The third-order valence-corrected chi connectivity index (χ3v) is 5.75. The minimum Gasteiger partial charge on any atom is -0.427 e. The summed E-state index contributed by atoms with van der Waals surface area (Å²) >= 11 is 0. The van der Waals surface area contributed by atoms with Gasteiger partial charge in [-0.1, -0.05) is 60.7 Å². The van der Waals surface area contributed by atoms with Gasteiger partial charge in [-0.15, -0.1) is 0 Å². The molecule has 0 saturated carbocycles. The lowest BCUT2D eigenvalue weighted by Gasteiger charge is -2.37. The molecule has 0 amide bonds.